The lowest BCUT2D eigenvalue weighted by molar-refractivity contribution is 0.573. The van der Waals surface area contributed by atoms with E-state index in [2.05, 4.69) is 53.5 Å². The third-order valence-electron chi connectivity index (χ3n) is 3.17. The van der Waals surface area contributed by atoms with Gasteiger partial charge in [0.05, 0.1) is 6.20 Å². The SMILES string of the molecule is CCNC(=NCCCc1cn[nH]c1C)NCCC(C)C.I. The molecule has 0 radical (unpaired) electrons. The molecule has 1 aromatic rings. The van der Waals surface area contributed by atoms with Crippen LogP contribution < -0.4 is 10.6 Å². The Hall–Kier alpha value is -0.790. The van der Waals surface area contributed by atoms with Crippen LogP contribution in [0.1, 0.15) is 44.9 Å². The summed E-state index contributed by atoms with van der Waals surface area (Å²) in [6.07, 6.45) is 5.14. The highest BCUT2D eigenvalue weighted by atomic mass is 127. The number of aryl methyl sites for hydroxylation is 2. The Labute approximate surface area is 145 Å². The largest absolute Gasteiger partial charge is 0.357 e. The molecule has 3 N–H and O–H groups in total. The Bertz CT molecular complexity index is 401. The Balaban J connectivity index is 0.00000400. The molecule has 1 aromatic heterocycles. The summed E-state index contributed by atoms with van der Waals surface area (Å²) >= 11 is 0. The molecule has 0 bridgehead atoms. The Morgan fingerprint density at radius 1 is 1.38 bits per heavy atom. The Kier molecular flexibility index (Phi) is 11.4. The molecule has 21 heavy (non-hydrogen) atoms. The van der Waals surface area contributed by atoms with E-state index in [1.54, 1.807) is 0 Å². The third-order valence-corrected chi connectivity index (χ3v) is 3.17. The van der Waals surface area contributed by atoms with Crippen molar-refractivity contribution in [3.63, 3.8) is 0 Å². The molecule has 0 spiro atoms. The van der Waals surface area contributed by atoms with Crippen molar-refractivity contribution in [3.8, 4) is 0 Å². The number of H-pyrrole nitrogens is 1. The van der Waals surface area contributed by atoms with E-state index in [0.29, 0.717) is 0 Å². The predicted molar refractivity (Wildman–Crippen MR) is 100 cm³/mol. The summed E-state index contributed by atoms with van der Waals surface area (Å²) in [4.78, 5) is 4.60. The Morgan fingerprint density at radius 3 is 2.71 bits per heavy atom. The van der Waals surface area contributed by atoms with Crippen molar-refractivity contribution in [1.29, 1.82) is 0 Å². The minimum atomic E-state index is 0. The fourth-order valence-corrected chi connectivity index (χ4v) is 1.91. The monoisotopic (exact) mass is 407 g/mol. The van der Waals surface area contributed by atoms with E-state index in [9.17, 15) is 0 Å². The summed E-state index contributed by atoms with van der Waals surface area (Å²) in [5.41, 5.74) is 2.45. The molecule has 0 saturated carbocycles. The molecule has 0 aromatic carbocycles. The number of nitrogens with zero attached hydrogens (tertiary/aromatic N) is 2. The minimum Gasteiger partial charge on any atom is -0.357 e. The highest BCUT2D eigenvalue weighted by Crippen LogP contribution is 2.05. The number of rotatable bonds is 8. The summed E-state index contributed by atoms with van der Waals surface area (Å²) < 4.78 is 0. The molecule has 0 aliphatic carbocycles. The summed E-state index contributed by atoms with van der Waals surface area (Å²) in [5.74, 6) is 1.64. The number of aromatic amines is 1. The number of aliphatic imine (C=N–C) groups is 1. The van der Waals surface area contributed by atoms with E-state index < -0.39 is 0 Å². The highest BCUT2D eigenvalue weighted by Gasteiger charge is 2.01. The first-order valence-electron chi connectivity index (χ1n) is 7.64. The van der Waals surface area contributed by atoms with Gasteiger partial charge in [-0.3, -0.25) is 10.1 Å². The molecule has 1 heterocycles. The minimum absolute atomic E-state index is 0. The van der Waals surface area contributed by atoms with Gasteiger partial charge < -0.3 is 10.6 Å². The van der Waals surface area contributed by atoms with Gasteiger partial charge >= 0.3 is 0 Å². The van der Waals surface area contributed by atoms with Crippen LogP contribution in [0.4, 0.5) is 0 Å². The second-order valence-corrected chi connectivity index (χ2v) is 5.49. The van der Waals surface area contributed by atoms with Crippen LogP contribution in [-0.2, 0) is 6.42 Å². The summed E-state index contributed by atoms with van der Waals surface area (Å²) in [6, 6.07) is 0. The van der Waals surface area contributed by atoms with Crippen LogP contribution in [0.2, 0.25) is 0 Å². The standard InChI is InChI=1S/C15H29N5.HI/c1-5-16-15(18-10-8-12(2)3)17-9-6-7-14-11-19-20-13(14)4;/h11-12H,5-10H2,1-4H3,(H,19,20)(H2,16,17,18);1H. The van der Waals surface area contributed by atoms with Crippen LogP contribution in [0.25, 0.3) is 0 Å². The van der Waals surface area contributed by atoms with Gasteiger partial charge in [-0.2, -0.15) is 5.10 Å². The zero-order valence-electron chi connectivity index (χ0n) is 13.7. The number of guanidine groups is 1. The van der Waals surface area contributed by atoms with Crippen LogP contribution in [0.15, 0.2) is 11.2 Å². The normalized spacial score (nSPS) is 11.4. The van der Waals surface area contributed by atoms with Gasteiger partial charge in [-0.15, -0.1) is 24.0 Å². The van der Waals surface area contributed by atoms with Crippen molar-refractivity contribution in [2.24, 2.45) is 10.9 Å². The average molecular weight is 407 g/mol. The molecule has 5 nitrogen and oxygen atoms in total. The van der Waals surface area contributed by atoms with Gasteiger partial charge in [0.15, 0.2) is 5.96 Å². The quantitative estimate of drug-likeness (QED) is 0.269. The van der Waals surface area contributed by atoms with Crippen LogP contribution in [0.3, 0.4) is 0 Å². The lowest BCUT2D eigenvalue weighted by atomic mass is 10.1. The molecule has 1 rings (SSSR count). The van der Waals surface area contributed by atoms with E-state index in [4.69, 9.17) is 0 Å². The Morgan fingerprint density at radius 2 is 2.14 bits per heavy atom. The van der Waals surface area contributed by atoms with Gasteiger partial charge in [0.2, 0.25) is 0 Å². The second kappa shape index (κ2) is 11.8. The van der Waals surface area contributed by atoms with E-state index >= 15 is 0 Å². The first kappa shape index (κ1) is 20.2. The zero-order valence-corrected chi connectivity index (χ0v) is 16.0. The van der Waals surface area contributed by atoms with Gasteiger partial charge in [0.1, 0.15) is 0 Å². The molecule has 0 atom stereocenters. The van der Waals surface area contributed by atoms with Crippen molar-refractivity contribution in [1.82, 2.24) is 20.8 Å². The number of hydrogen-bond donors (Lipinski definition) is 3. The van der Waals surface area contributed by atoms with Crippen molar-refractivity contribution in [2.45, 2.75) is 47.0 Å². The van der Waals surface area contributed by atoms with Crippen LogP contribution in [-0.4, -0.2) is 35.8 Å². The van der Waals surface area contributed by atoms with Gasteiger partial charge in [0, 0.05) is 25.3 Å². The lowest BCUT2D eigenvalue weighted by Crippen LogP contribution is -2.38. The maximum Gasteiger partial charge on any atom is 0.191 e. The predicted octanol–water partition coefficient (Wildman–Crippen LogP) is 2.87. The van der Waals surface area contributed by atoms with Gasteiger partial charge in [0.25, 0.3) is 0 Å². The lowest BCUT2D eigenvalue weighted by Gasteiger charge is -2.12. The van der Waals surface area contributed by atoms with Gasteiger partial charge in [-0.25, -0.2) is 0 Å². The number of hydrogen-bond acceptors (Lipinski definition) is 2. The average Bonchev–Trinajstić information content (AvgIpc) is 2.80. The number of halogens is 1. The first-order valence-corrected chi connectivity index (χ1v) is 7.64. The number of nitrogens with one attached hydrogen (secondary N) is 3. The summed E-state index contributed by atoms with van der Waals surface area (Å²) in [6.45, 7) is 11.3. The molecule has 0 fully saturated rings. The third kappa shape index (κ3) is 8.95. The zero-order chi connectivity index (χ0) is 14.8. The van der Waals surface area contributed by atoms with Gasteiger partial charge in [-0.1, -0.05) is 13.8 Å². The van der Waals surface area contributed by atoms with Crippen LogP contribution in [0.5, 0.6) is 0 Å². The fraction of sp³-hybridized carbons (Fsp3) is 0.733. The maximum absolute atomic E-state index is 4.60. The summed E-state index contributed by atoms with van der Waals surface area (Å²) in [7, 11) is 0. The molecular formula is C15H30IN5. The maximum atomic E-state index is 4.60. The smallest absolute Gasteiger partial charge is 0.191 e. The molecule has 0 saturated heterocycles. The second-order valence-electron chi connectivity index (χ2n) is 5.49. The molecule has 122 valence electrons. The first-order chi connectivity index (χ1) is 9.63. The van der Waals surface area contributed by atoms with Crippen molar-refractivity contribution in [3.05, 3.63) is 17.5 Å². The van der Waals surface area contributed by atoms with E-state index in [0.717, 1.165) is 50.0 Å². The molecular weight excluding hydrogens is 377 g/mol. The molecule has 0 aliphatic heterocycles. The van der Waals surface area contributed by atoms with Crippen molar-refractivity contribution in [2.75, 3.05) is 19.6 Å². The fourth-order valence-electron chi connectivity index (χ4n) is 1.91. The highest BCUT2D eigenvalue weighted by molar-refractivity contribution is 14.0. The van der Waals surface area contributed by atoms with Crippen LogP contribution >= 0.6 is 24.0 Å². The molecule has 6 heteroatoms. The van der Waals surface area contributed by atoms with E-state index in [1.807, 2.05) is 6.20 Å². The van der Waals surface area contributed by atoms with Crippen molar-refractivity contribution < 1.29 is 0 Å². The topological polar surface area (TPSA) is 65.1 Å². The number of aromatic nitrogens is 2. The van der Waals surface area contributed by atoms with Gasteiger partial charge in [-0.05, 0) is 44.6 Å². The molecule has 0 amide bonds. The summed E-state index contributed by atoms with van der Waals surface area (Å²) in [5, 5.41) is 13.7. The van der Waals surface area contributed by atoms with Crippen molar-refractivity contribution >= 4 is 29.9 Å². The van der Waals surface area contributed by atoms with Crippen LogP contribution in [0, 0.1) is 12.8 Å². The molecule has 0 unspecified atom stereocenters. The van der Waals surface area contributed by atoms with E-state index in [-0.39, 0.29) is 24.0 Å². The molecule has 0 aliphatic rings. The van der Waals surface area contributed by atoms with E-state index in [1.165, 1.54) is 12.0 Å².